The van der Waals surface area contributed by atoms with E-state index in [9.17, 15) is 9.59 Å². The molecule has 4 N–H and O–H groups in total. The largest absolute Gasteiger partial charge is 0.352 e. The highest BCUT2D eigenvalue weighted by molar-refractivity contribution is 7.09. The van der Waals surface area contributed by atoms with Gasteiger partial charge in [-0.2, -0.15) is 0 Å². The van der Waals surface area contributed by atoms with Crippen molar-refractivity contribution in [3.8, 4) is 0 Å². The third kappa shape index (κ3) is 6.41. The average molecular weight is 335 g/mol. The number of carbonyl (C=O) groups is 2. The smallest absolute Gasteiger partial charge is 0.271 e. The van der Waals surface area contributed by atoms with Gasteiger partial charge in [-0.15, -0.1) is 23.7 Å². The molecule has 120 valence electrons. The second-order valence-electron chi connectivity index (χ2n) is 4.68. The molecule has 6 nitrogen and oxygen atoms in total. The highest BCUT2D eigenvalue weighted by atomic mass is 35.5. The van der Waals surface area contributed by atoms with Crippen LogP contribution in [0.15, 0.2) is 5.38 Å². The van der Waals surface area contributed by atoms with Crippen molar-refractivity contribution in [3.63, 3.8) is 0 Å². The molecule has 0 spiro atoms. The van der Waals surface area contributed by atoms with E-state index < -0.39 is 6.04 Å². The fourth-order valence-electron chi connectivity index (χ4n) is 1.46. The maximum absolute atomic E-state index is 12.0. The van der Waals surface area contributed by atoms with Crippen LogP contribution in [0.1, 0.15) is 42.7 Å². The Kier molecular flexibility index (Phi) is 9.16. The number of nitrogens with two attached hydrogens (primary N) is 1. The van der Waals surface area contributed by atoms with Gasteiger partial charge in [0.2, 0.25) is 5.91 Å². The van der Waals surface area contributed by atoms with E-state index in [1.54, 1.807) is 12.3 Å². The quantitative estimate of drug-likeness (QED) is 0.695. The van der Waals surface area contributed by atoms with E-state index in [4.69, 9.17) is 5.73 Å². The molecular weight excluding hydrogens is 312 g/mol. The topological polar surface area (TPSA) is 97.1 Å². The first-order valence-electron chi connectivity index (χ1n) is 6.73. The van der Waals surface area contributed by atoms with Crippen LogP contribution in [0.3, 0.4) is 0 Å². The summed E-state index contributed by atoms with van der Waals surface area (Å²) >= 11 is 1.40. The number of nitrogens with zero attached hydrogens (tertiary/aromatic N) is 1. The lowest BCUT2D eigenvalue weighted by Crippen LogP contribution is -2.47. The standard InChI is InChI=1S/C13H22N4O2S.ClH/c1-4-8(2)15-12(18)9(3)16-13(19)10-7-20-11(17-10)5-6-14;/h7-9H,4-6,14H2,1-3H3,(H,15,18)(H,16,19);1H. The fraction of sp³-hybridized carbons (Fsp3) is 0.615. The predicted molar refractivity (Wildman–Crippen MR) is 86.9 cm³/mol. The third-order valence-corrected chi connectivity index (χ3v) is 3.79. The van der Waals surface area contributed by atoms with Crippen molar-refractivity contribution in [2.75, 3.05) is 6.54 Å². The minimum Gasteiger partial charge on any atom is -0.352 e. The Balaban J connectivity index is 0.00000400. The minimum atomic E-state index is -0.587. The number of hydrogen-bond donors (Lipinski definition) is 3. The van der Waals surface area contributed by atoms with E-state index in [0.717, 1.165) is 11.4 Å². The van der Waals surface area contributed by atoms with Gasteiger partial charge in [0, 0.05) is 17.8 Å². The van der Waals surface area contributed by atoms with Gasteiger partial charge in [0.25, 0.3) is 5.91 Å². The molecule has 1 aromatic heterocycles. The van der Waals surface area contributed by atoms with Crippen LogP contribution < -0.4 is 16.4 Å². The van der Waals surface area contributed by atoms with Crippen molar-refractivity contribution in [1.82, 2.24) is 15.6 Å². The Labute approximate surface area is 135 Å². The number of rotatable bonds is 7. The lowest BCUT2D eigenvalue weighted by atomic mass is 10.2. The summed E-state index contributed by atoms with van der Waals surface area (Å²) in [7, 11) is 0. The summed E-state index contributed by atoms with van der Waals surface area (Å²) in [4.78, 5) is 28.0. The molecule has 0 aromatic carbocycles. The number of halogens is 1. The van der Waals surface area contributed by atoms with Crippen LogP contribution in [-0.2, 0) is 11.2 Å². The Hall–Kier alpha value is -1.18. The summed E-state index contributed by atoms with van der Waals surface area (Å²) in [5.74, 6) is -0.526. The molecule has 0 bridgehead atoms. The van der Waals surface area contributed by atoms with Gasteiger partial charge in [-0.05, 0) is 26.8 Å². The maximum atomic E-state index is 12.0. The SMILES string of the molecule is CCC(C)NC(=O)C(C)NC(=O)c1csc(CCN)n1.Cl. The van der Waals surface area contributed by atoms with Gasteiger partial charge >= 0.3 is 0 Å². The van der Waals surface area contributed by atoms with E-state index in [2.05, 4.69) is 15.6 Å². The Bertz CT molecular complexity index is 467. The number of thiazole rings is 1. The summed E-state index contributed by atoms with van der Waals surface area (Å²) in [6.07, 6.45) is 1.50. The molecule has 0 fully saturated rings. The molecule has 1 aromatic rings. The molecule has 1 rings (SSSR count). The van der Waals surface area contributed by atoms with Crippen molar-refractivity contribution in [2.24, 2.45) is 5.73 Å². The fourth-order valence-corrected chi connectivity index (χ4v) is 2.25. The van der Waals surface area contributed by atoms with E-state index in [-0.39, 0.29) is 30.3 Å². The van der Waals surface area contributed by atoms with Gasteiger partial charge in [0.15, 0.2) is 0 Å². The highest BCUT2D eigenvalue weighted by Crippen LogP contribution is 2.10. The molecule has 0 aliphatic heterocycles. The van der Waals surface area contributed by atoms with E-state index in [1.807, 2.05) is 13.8 Å². The number of amides is 2. The predicted octanol–water partition coefficient (Wildman–Crippen LogP) is 1.10. The second-order valence-corrected chi connectivity index (χ2v) is 5.62. The summed E-state index contributed by atoms with van der Waals surface area (Å²) in [6.45, 7) is 6.07. The molecule has 0 saturated carbocycles. The maximum Gasteiger partial charge on any atom is 0.271 e. The van der Waals surface area contributed by atoms with Crippen LogP contribution in [0.5, 0.6) is 0 Å². The van der Waals surface area contributed by atoms with Crippen LogP contribution in [0.4, 0.5) is 0 Å². The van der Waals surface area contributed by atoms with Crippen LogP contribution in [0.25, 0.3) is 0 Å². The highest BCUT2D eigenvalue weighted by Gasteiger charge is 2.19. The molecule has 1 heterocycles. The van der Waals surface area contributed by atoms with E-state index in [1.165, 1.54) is 11.3 Å². The molecule has 2 amide bonds. The first-order valence-corrected chi connectivity index (χ1v) is 7.61. The molecule has 0 saturated heterocycles. The normalized spacial score (nSPS) is 13.0. The molecular formula is C13H23ClN4O2S. The van der Waals surface area contributed by atoms with Gasteiger partial charge in [-0.25, -0.2) is 4.98 Å². The van der Waals surface area contributed by atoms with E-state index in [0.29, 0.717) is 18.7 Å². The van der Waals surface area contributed by atoms with Gasteiger partial charge in [0.1, 0.15) is 11.7 Å². The summed E-state index contributed by atoms with van der Waals surface area (Å²) in [5, 5.41) is 7.97. The Morgan fingerprint density at radius 1 is 1.38 bits per heavy atom. The first kappa shape index (κ1) is 19.8. The number of nitrogens with one attached hydrogen (secondary N) is 2. The molecule has 0 radical (unpaired) electrons. The molecule has 21 heavy (non-hydrogen) atoms. The van der Waals surface area contributed by atoms with Crippen molar-refractivity contribution in [1.29, 1.82) is 0 Å². The lowest BCUT2D eigenvalue weighted by Gasteiger charge is -2.16. The Morgan fingerprint density at radius 2 is 2.05 bits per heavy atom. The van der Waals surface area contributed by atoms with Crippen LogP contribution >= 0.6 is 23.7 Å². The lowest BCUT2D eigenvalue weighted by molar-refractivity contribution is -0.123. The molecule has 0 aliphatic rings. The number of hydrogen-bond acceptors (Lipinski definition) is 5. The average Bonchev–Trinajstić information content (AvgIpc) is 2.87. The zero-order valence-corrected chi connectivity index (χ0v) is 14.1. The Morgan fingerprint density at radius 3 is 2.62 bits per heavy atom. The number of carbonyl (C=O) groups excluding carboxylic acids is 2. The summed E-state index contributed by atoms with van der Waals surface area (Å²) in [5.41, 5.74) is 5.77. The molecule has 0 aliphatic carbocycles. The van der Waals surface area contributed by atoms with Crippen LogP contribution in [0.2, 0.25) is 0 Å². The van der Waals surface area contributed by atoms with Gasteiger partial charge in [-0.3, -0.25) is 9.59 Å². The van der Waals surface area contributed by atoms with Crippen molar-refractivity contribution >= 4 is 35.6 Å². The van der Waals surface area contributed by atoms with Crippen molar-refractivity contribution < 1.29 is 9.59 Å². The van der Waals surface area contributed by atoms with Gasteiger partial charge < -0.3 is 16.4 Å². The first-order chi connectivity index (χ1) is 9.47. The number of aromatic nitrogens is 1. The van der Waals surface area contributed by atoms with E-state index >= 15 is 0 Å². The second kappa shape index (κ2) is 9.70. The molecule has 8 heteroatoms. The minimum absolute atomic E-state index is 0. The summed E-state index contributed by atoms with van der Waals surface area (Å²) in [6, 6.07) is -0.492. The van der Waals surface area contributed by atoms with Crippen molar-refractivity contribution in [2.45, 2.75) is 45.7 Å². The summed E-state index contributed by atoms with van der Waals surface area (Å²) < 4.78 is 0. The molecule has 2 atom stereocenters. The van der Waals surface area contributed by atoms with Gasteiger partial charge in [0.05, 0.1) is 5.01 Å². The van der Waals surface area contributed by atoms with Crippen LogP contribution in [0, 0.1) is 0 Å². The molecule has 2 unspecified atom stereocenters. The third-order valence-electron chi connectivity index (χ3n) is 2.88. The van der Waals surface area contributed by atoms with Crippen molar-refractivity contribution in [3.05, 3.63) is 16.1 Å². The monoisotopic (exact) mass is 334 g/mol. The zero-order valence-electron chi connectivity index (χ0n) is 12.5. The zero-order chi connectivity index (χ0) is 15.1. The van der Waals surface area contributed by atoms with Crippen LogP contribution in [-0.4, -0.2) is 35.4 Å². The van der Waals surface area contributed by atoms with Gasteiger partial charge in [-0.1, -0.05) is 6.92 Å².